The molecule has 2 aromatic heterocycles. The smallest absolute Gasteiger partial charge is 0.277 e. The van der Waals surface area contributed by atoms with Gasteiger partial charge in [-0.05, 0) is 37.6 Å². The molecule has 0 unspecified atom stereocenters. The Morgan fingerprint density at radius 2 is 1.89 bits per heavy atom. The van der Waals surface area contributed by atoms with Crippen molar-refractivity contribution in [1.29, 1.82) is 0 Å². The Morgan fingerprint density at radius 1 is 1.11 bits per heavy atom. The molecule has 1 N–H and O–H groups in total. The van der Waals surface area contributed by atoms with Crippen LogP contribution < -0.4 is 5.32 Å². The first kappa shape index (κ1) is 18.3. The van der Waals surface area contributed by atoms with Crippen LogP contribution in [0.5, 0.6) is 0 Å². The molecule has 2 heterocycles. The SMILES string of the molecule is Cc1ccccc1-c1nnc(SCC(=O)N[C@H](C)c2cc3ccccc3o2)o1. The minimum Gasteiger partial charge on any atom is -0.459 e. The maximum Gasteiger partial charge on any atom is 0.277 e. The number of para-hydroxylation sites is 1. The number of furan rings is 1. The van der Waals surface area contributed by atoms with Crippen LogP contribution in [0.4, 0.5) is 0 Å². The Hall–Kier alpha value is -3.06. The second-order valence-electron chi connectivity index (χ2n) is 6.45. The highest BCUT2D eigenvalue weighted by molar-refractivity contribution is 7.99. The van der Waals surface area contributed by atoms with Gasteiger partial charge in [0.15, 0.2) is 0 Å². The molecule has 6 nitrogen and oxygen atoms in total. The highest BCUT2D eigenvalue weighted by Gasteiger charge is 2.16. The van der Waals surface area contributed by atoms with Crippen molar-refractivity contribution in [2.45, 2.75) is 25.1 Å². The van der Waals surface area contributed by atoms with Crippen molar-refractivity contribution < 1.29 is 13.6 Å². The lowest BCUT2D eigenvalue weighted by Crippen LogP contribution is -2.27. The van der Waals surface area contributed by atoms with Crippen molar-refractivity contribution in [3.8, 4) is 11.5 Å². The normalized spacial score (nSPS) is 12.2. The topological polar surface area (TPSA) is 81.2 Å². The van der Waals surface area contributed by atoms with Gasteiger partial charge in [-0.3, -0.25) is 4.79 Å². The molecule has 142 valence electrons. The molecule has 4 aromatic rings. The molecule has 0 aliphatic heterocycles. The van der Waals surface area contributed by atoms with E-state index in [2.05, 4.69) is 15.5 Å². The number of carbonyl (C=O) groups excluding carboxylic acids is 1. The van der Waals surface area contributed by atoms with Crippen molar-refractivity contribution in [3.63, 3.8) is 0 Å². The first-order chi connectivity index (χ1) is 13.6. The van der Waals surface area contributed by atoms with Gasteiger partial charge in [0.05, 0.1) is 11.8 Å². The molecule has 1 atom stereocenters. The fraction of sp³-hybridized carbons (Fsp3) is 0.190. The quantitative estimate of drug-likeness (QED) is 0.476. The highest BCUT2D eigenvalue weighted by atomic mass is 32.2. The highest BCUT2D eigenvalue weighted by Crippen LogP contribution is 2.26. The summed E-state index contributed by atoms with van der Waals surface area (Å²) in [5.41, 5.74) is 2.76. The number of carbonyl (C=O) groups is 1. The number of thioether (sulfide) groups is 1. The number of hydrogen-bond acceptors (Lipinski definition) is 6. The predicted octanol–water partition coefficient (Wildman–Crippen LogP) is 4.76. The Bertz CT molecular complexity index is 1090. The van der Waals surface area contributed by atoms with Gasteiger partial charge in [0, 0.05) is 10.9 Å². The van der Waals surface area contributed by atoms with Crippen LogP contribution in [-0.4, -0.2) is 21.9 Å². The molecule has 0 saturated carbocycles. The molecule has 0 aliphatic carbocycles. The fourth-order valence-corrected chi connectivity index (χ4v) is 3.46. The maximum absolute atomic E-state index is 12.3. The van der Waals surface area contributed by atoms with Gasteiger partial charge in [-0.25, -0.2) is 0 Å². The number of aryl methyl sites for hydroxylation is 1. The second kappa shape index (κ2) is 7.90. The minimum absolute atomic E-state index is 0.131. The van der Waals surface area contributed by atoms with Gasteiger partial charge >= 0.3 is 0 Å². The summed E-state index contributed by atoms with van der Waals surface area (Å²) in [4.78, 5) is 12.3. The average Bonchev–Trinajstić information content (AvgIpc) is 3.34. The van der Waals surface area contributed by atoms with Crippen LogP contribution in [0.3, 0.4) is 0 Å². The summed E-state index contributed by atoms with van der Waals surface area (Å²) in [5, 5.41) is 12.4. The number of aromatic nitrogens is 2. The van der Waals surface area contributed by atoms with Crippen molar-refractivity contribution >= 4 is 28.6 Å². The largest absolute Gasteiger partial charge is 0.459 e. The molecule has 4 rings (SSSR count). The third-order valence-corrected chi connectivity index (χ3v) is 5.18. The molecule has 2 aromatic carbocycles. The van der Waals surface area contributed by atoms with Crippen LogP contribution in [-0.2, 0) is 4.79 Å². The summed E-state index contributed by atoms with van der Waals surface area (Å²) in [5.74, 6) is 1.23. The van der Waals surface area contributed by atoms with Crippen molar-refractivity contribution in [2.24, 2.45) is 0 Å². The zero-order valence-electron chi connectivity index (χ0n) is 15.5. The van der Waals surface area contributed by atoms with Crippen LogP contribution >= 0.6 is 11.8 Å². The molecule has 0 radical (unpaired) electrons. The van der Waals surface area contributed by atoms with Gasteiger partial charge in [-0.2, -0.15) is 0 Å². The summed E-state index contributed by atoms with van der Waals surface area (Å²) < 4.78 is 11.5. The molecule has 1 amide bonds. The summed E-state index contributed by atoms with van der Waals surface area (Å²) in [7, 11) is 0. The van der Waals surface area contributed by atoms with Crippen LogP contribution in [0.15, 0.2) is 68.7 Å². The van der Waals surface area contributed by atoms with E-state index in [0.717, 1.165) is 27.9 Å². The number of nitrogens with one attached hydrogen (secondary N) is 1. The zero-order valence-corrected chi connectivity index (χ0v) is 16.3. The predicted molar refractivity (Wildman–Crippen MR) is 108 cm³/mol. The molecule has 28 heavy (non-hydrogen) atoms. The molecule has 0 spiro atoms. The van der Waals surface area contributed by atoms with Crippen molar-refractivity contribution in [2.75, 3.05) is 5.75 Å². The first-order valence-electron chi connectivity index (χ1n) is 8.90. The maximum atomic E-state index is 12.3. The van der Waals surface area contributed by atoms with Crippen molar-refractivity contribution in [3.05, 3.63) is 65.9 Å². The Kier molecular flexibility index (Phi) is 5.16. The van der Waals surface area contributed by atoms with Gasteiger partial charge in [0.2, 0.25) is 11.8 Å². The Labute approximate surface area is 166 Å². The van der Waals surface area contributed by atoms with E-state index in [4.69, 9.17) is 8.83 Å². The van der Waals surface area contributed by atoms with Crippen molar-refractivity contribution in [1.82, 2.24) is 15.5 Å². The van der Waals surface area contributed by atoms with Crippen LogP contribution in [0.25, 0.3) is 22.4 Å². The summed E-state index contributed by atoms with van der Waals surface area (Å²) in [6.07, 6.45) is 0. The van der Waals surface area contributed by atoms with Crippen LogP contribution in [0.1, 0.15) is 24.3 Å². The lowest BCUT2D eigenvalue weighted by atomic mass is 10.1. The lowest BCUT2D eigenvalue weighted by Gasteiger charge is -2.10. The van der Waals surface area contributed by atoms with Crippen LogP contribution in [0, 0.1) is 6.92 Å². The molecular weight excluding hydrogens is 374 g/mol. The molecular formula is C21H19N3O3S. The Balaban J connectivity index is 1.35. The number of nitrogens with zero attached hydrogens (tertiary/aromatic N) is 2. The fourth-order valence-electron chi connectivity index (χ4n) is 2.89. The number of amides is 1. The number of hydrogen-bond donors (Lipinski definition) is 1. The summed E-state index contributed by atoms with van der Waals surface area (Å²) >= 11 is 1.21. The molecule has 0 aliphatic rings. The third kappa shape index (κ3) is 3.94. The van der Waals surface area contributed by atoms with E-state index in [1.165, 1.54) is 11.8 Å². The van der Waals surface area contributed by atoms with Gasteiger partial charge in [-0.1, -0.05) is 48.2 Å². The van der Waals surface area contributed by atoms with E-state index in [0.29, 0.717) is 11.1 Å². The van der Waals surface area contributed by atoms with E-state index < -0.39 is 0 Å². The molecule has 0 bridgehead atoms. The molecule has 0 saturated heterocycles. The monoisotopic (exact) mass is 393 g/mol. The minimum atomic E-state index is -0.231. The zero-order chi connectivity index (χ0) is 19.5. The van der Waals surface area contributed by atoms with E-state index in [1.54, 1.807) is 0 Å². The van der Waals surface area contributed by atoms with Gasteiger partial charge in [0.1, 0.15) is 11.3 Å². The number of fused-ring (bicyclic) bond motifs is 1. The number of benzene rings is 2. The van der Waals surface area contributed by atoms with Gasteiger partial charge in [-0.15, -0.1) is 10.2 Å². The Morgan fingerprint density at radius 3 is 2.71 bits per heavy atom. The summed E-state index contributed by atoms with van der Waals surface area (Å²) in [6, 6.07) is 17.3. The second-order valence-corrected chi connectivity index (χ2v) is 7.38. The lowest BCUT2D eigenvalue weighted by molar-refractivity contribution is -0.119. The number of rotatable bonds is 6. The van der Waals surface area contributed by atoms with E-state index in [-0.39, 0.29) is 17.7 Å². The van der Waals surface area contributed by atoms with Gasteiger partial charge in [0.25, 0.3) is 5.22 Å². The summed E-state index contributed by atoms with van der Waals surface area (Å²) in [6.45, 7) is 3.88. The third-order valence-electron chi connectivity index (χ3n) is 4.36. The van der Waals surface area contributed by atoms with E-state index in [1.807, 2.05) is 68.4 Å². The van der Waals surface area contributed by atoms with Gasteiger partial charge < -0.3 is 14.2 Å². The standard InChI is InChI=1S/C21H19N3O3S/c1-13-7-3-5-9-16(13)20-23-24-21(27-20)28-12-19(25)22-14(2)18-11-15-8-4-6-10-17(15)26-18/h3-11,14H,12H2,1-2H3,(H,22,25)/t14-/m1/s1. The van der Waals surface area contributed by atoms with Crippen LogP contribution in [0.2, 0.25) is 0 Å². The molecule has 0 fully saturated rings. The first-order valence-corrected chi connectivity index (χ1v) is 9.89. The van der Waals surface area contributed by atoms with E-state index >= 15 is 0 Å². The van der Waals surface area contributed by atoms with E-state index in [9.17, 15) is 4.79 Å². The average molecular weight is 393 g/mol. The molecule has 7 heteroatoms.